The fraction of sp³-hybridized carbons (Fsp3) is 0.179. The van der Waals surface area contributed by atoms with Gasteiger partial charge in [-0.05, 0) is 47.5 Å². The van der Waals surface area contributed by atoms with Crippen LogP contribution in [0.1, 0.15) is 27.9 Å². The fourth-order valence-corrected chi connectivity index (χ4v) is 4.33. The highest BCUT2D eigenvalue weighted by atomic mass is 35.5. The van der Waals surface area contributed by atoms with Crippen molar-refractivity contribution in [3.8, 4) is 5.75 Å². The number of ether oxygens (including phenoxy) is 1. The molecule has 0 radical (unpaired) electrons. The molecule has 0 saturated heterocycles. The molecule has 1 aromatic heterocycles. The molecule has 0 bridgehead atoms. The van der Waals surface area contributed by atoms with E-state index in [9.17, 15) is 17.6 Å². The third kappa shape index (κ3) is 5.69. The lowest BCUT2D eigenvalue weighted by molar-refractivity contribution is -0.137. The summed E-state index contributed by atoms with van der Waals surface area (Å²) in [5, 5.41) is 3.78. The summed E-state index contributed by atoms with van der Waals surface area (Å²) in [6, 6.07) is 22.4. The van der Waals surface area contributed by atoms with Gasteiger partial charge in [0.15, 0.2) is 0 Å². The maximum Gasteiger partial charge on any atom is 0.416 e. The Kier molecular flexibility index (Phi) is 7.62. The number of benzene rings is 3. The summed E-state index contributed by atoms with van der Waals surface area (Å²) in [6.07, 6.45) is -3.12. The minimum Gasteiger partial charge on any atom is -0.496 e. The Hall–Kier alpha value is -3.42. The maximum absolute atomic E-state index is 14.7. The lowest BCUT2D eigenvalue weighted by Crippen LogP contribution is -2.46. The highest BCUT2D eigenvalue weighted by Crippen LogP contribution is 2.38. The molecule has 8 heteroatoms. The average Bonchev–Trinajstić information content (AvgIpc) is 2.87. The topological polar surface area (TPSA) is 34.1 Å². The van der Waals surface area contributed by atoms with Gasteiger partial charge in [0.25, 0.3) is 0 Å². The summed E-state index contributed by atoms with van der Waals surface area (Å²) in [7, 11) is 1.54. The zero-order chi connectivity index (χ0) is 25.8. The highest BCUT2D eigenvalue weighted by Gasteiger charge is 2.39. The van der Waals surface area contributed by atoms with E-state index in [1.165, 1.54) is 6.20 Å². The van der Waals surface area contributed by atoms with Gasteiger partial charge in [0.2, 0.25) is 0 Å². The Morgan fingerprint density at radius 3 is 2.25 bits per heavy atom. The second kappa shape index (κ2) is 10.7. The molecule has 3 nitrogen and oxygen atoms in total. The normalized spacial score (nSPS) is 13.3. The van der Waals surface area contributed by atoms with Crippen molar-refractivity contribution in [3.63, 3.8) is 0 Å². The van der Waals surface area contributed by atoms with Crippen LogP contribution in [-0.4, -0.2) is 12.1 Å². The average molecular weight is 515 g/mol. The van der Waals surface area contributed by atoms with Crippen LogP contribution in [0.5, 0.6) is 5.75 Å². The first-order chi connectivity index (χ1) is 17.2. The lowest BCUT2D eigenvalue weighted by atomic mass is 9.79. The Balaban J connectivity index is 1.94. The van der Waals surface area contributed by atoms with E-state index in [-0.39, 0.29) is 18.5 Å². The fourth-order valence-electron chi connectivity index (χ4n) is 4.22. The Morgan fingerprint density at radius 1 is 0.889 bits per heavy atom. The van der Waals surface area contributed by atoms with Crippen LogP contribution in [-0.2, 0) is 24.7 Å². The molecule has 36 heavy (non-hydrogen) atoms. The first-order valence-electron chi connectivity index (χ1n) is 11.1. The van der Waals surface area contributed by atoms with Crippen LogP contribution >= 0.6 is 11.6 Å². The van der Waals surface area contributed by atoms with Crippen LogP contribution in [0.15, 0.2) is 91.1 Å². The monoisotopic (exact) mass is 514 g/mol. The van der Waals surface area contributed by atoms with E-state index in [4.69, 9.17) is 16.3 Å². The number of nitrogens with one attached hydrogen (secondary N) is 1. The van der Waals surface area contributed by atoms with Crippen molar-refractivity contribution < 1.29 is 22.3 Å². The number of halogens is 5. The largest absolute Gasteiger partial charge is 0.496 e. The van der Waals surface area contributed by atoms with Crippen molar-refractivity contribution in [3.05, 3.63) is 130 Å². The van der Waals surface area contributed by atoms with E-state index in [1.807, 2.05) is 48.5 Å². The molecule has 0 aliphatic rings. The summed E-state index contributed by atoms with van der Waals surface area (Å²) in [5.74, 6) is -0.386. The molecule has 0 aliphatic carbocycles. The van der Waals surface area contributed by atoms with Gasteiger partial charge in [-0.2, -0.15) is 13.2 Å². The van der Waals surface area contributed by atoms with Crippen molar-refractivity contribution in [2.24, 2.45) is 0 Å². The van der Waals surface area contributed by atoms with Crippen LogP contribution < -0.4 is 10.1 Å². The third-order valence-corrected chi connectivity index (χ3v) is 6.19. The number of hydrogen-bond acceptors (Lipinski definition) is 3. The predicted molar refractivity (Wildman–Crippen MR) is 131 cm³/mol. The van der Waals surface area contributed by atoms with Crippen molar-refractivity contribution >= 4 is 11.6 Å². The third-order valence-electron chi connectivity index (χ3n) is 5.97. The van der Waals surface area contributed by atoms with Gasteiger partial charge in [0, 0.05) is 24.7 Å². The van der Waals surface area contributed by atoms with Crippen molar-refractivity contribution in [2.45, 2.75) is 24.7 Å². The molecular formula is C28H23ClF4N2O. The molecule has 1 N–H and O–H groups in total. The first kappa shape index (κ1) is 25.7. The summed E-state index contributed by atoms with van der Waals surface area (Å²) >= 11 is 6.08. The number of methoxy groups -OCH3 is 1. The molecule has 0 amide bonds. The molecule has 3 aromatic carbocycles. The minimum absolute atomic E-state index is 0.0865. The lowest BCUT2D eigenvalue weighted by Gasteiger charge is -2.36. The Labute approximate surface area is 211 Å². The summed E-state index contributed by atoms with van der Waals surface area (Å²) in [6.45, 7) is 0.207. The zero-order valence-corrected chi connectivity index (χ0v) is 20.1. The van der Waals surface area contributed by atoms with Crippen LogP contribution in [0.4, 0.5) is 17.6 Å². The first-order valence-corrected chi connectivity index (χ1v) is 11.5. The SMILES string of the molecule is COc1ccccc1CNC(Cc1ccccc1)(c1cc(F)cc(C(F)(F)F)c1)c1ccc(Cl)cn1. The molecule has 1 unspecified atom stereocenters. The highest BCUT2D eigenvalue weighted by molar-refractivity contribution is 6.30. The van der Waals surface area contributed by atoms with Gasteiger partial charge in [-0.25, -0.2) is 4.39 Å². The van der Waals surface area contributed by atoms with E-state index in [0.717, 1.165) is 23.3 Å². The summed E-state index contributed by atoms with van der Waals surface area (Å²) in [4.78, 5) is 4.47. The van der Waals surface area contributed by atoms with Gasteiger partial charge in [0.1, 0.15) is 11.6 Å². The smallest absolute Gasteiger partial charge is 0.416 e. The number of nitrogens with zero attached hydrogens (tertiary/aromatic N) is 1. The second-order valence-electron chi connectivity index (χ2n) is 8.32. The van der Waals surface area contributed by atoms with Gasteiger partial charge < -0.3 is 4.74 Å². The Bertz CT molecular complexity index is 1310. The van der Waals surface area contributed by atoms with Crippen LogP contribution in [0, 0.1) is 5.82 Å². The second-order valence-corrected chi connectivity index (χ2v) is 8.76. The van der Waals surface area contributed by atoms with E-state index in [2.05, 4.69) is 10.3 Å². The number of aromatic nitrogens is 1. The quantitative estimate of drug-likeness (QED) is 0.253. The van der Waals surface area contributed by atoms with Gasteiger partial charge in [-0.3, -0.25) is 10.3 Å². The zero-order valence-electron chi connectivity index (χ0n) is 19.3. The molecule has 1 heterocycles. The molecule has 186 valence electrons. The molecular weight excluding hydrogens is 492 g/mol. The van der Waals surface area contributed by atoms with Gasteiger partial charge in [0.05, 0.1) is 28.9 Å². The van der Waals surface area contributed by atoms with Crippen molar-refractivity contribution in [1.29, 1.82) is 0 Å². The van der Waals surface area contributed by atoms with Crippen molar-refractivity contribution in [1.82, 2.24) is 10.3 Å². The number of hydrogen-bond donors (Lipinski definition) is 1. The van der Waals surface area contributed by atoms with Gasteiger partial charge in [-0.1, -0.05) is 60.1 Å². The molecule has 0 aliphatic heterocycles. The minimum atomic E-state index is -4.73. The van der Waals surface area contributed by atoms with E-state index in [1.54, 1.807) is 25.3 Å². The maximum atomic E-state index is 14.7. The van der Waals surface area contributed by atoms with E-state index in [0.29, 0.717) is 22.5 Å². The number of pyridine rings is 1. The van der Waals surface area contributed by atoms with Gasteiger partial charge in [-0.15, -0.1) is 0 Å². The van der Waals surface area contributed by atoms with Gasteiger partial charge >= 0.3 is 6.18 Å². The standard InChI is InChI=1S/C28H23ClF4N2O/c1-36-25-10-6-5-9-20(25)17-35-27(16-19-7-3-2-4-8-19,26-12-11-23(29)18-34-26)21-13-22(28(31,32)33)15-24(30)14-21/h2-15,18,35H,16-17H2,1H3. The molecule has 4 rings (SSSR count). The van der Waals surface area contributed by atoms with Crippen LogP contribution in [0.25, 0.3) is 0 Å². The van der Waals surface area contributed by atoms with Crippen molar-refractivity contribution in [2.75, 3.05) is 7.11 Å². The summed E-state index contributed by atoms with van der Waals surface area (Å²) in [5.41, 5.74) is -0.344. The Morgan fingerprint density at radius 2 is 1.58 bits per heavy atom. The van der Waals surface area contributed by atoms with E-state index < -0.39 is 23.1 Å². The molecule has 0 spiro atoms. The number of para-hydroxylation sites is 1. The predicted octanol–water partition coefficient (Wildman–Crippen LogP) is 7.18. The molecule has 1 atom stereocenters. The number of alkyl halides is 3. The molecule has 0 saturated carbocycles. The number of rotatable bonds is 8. The van der Waals surface area contributed by atoms with Crippen LogP contribution in [0.3, 0.4) is 0 Å². The molecule has 4 aromatic rings. The van der Waals surface area contributed by atoms with E-state index >= 15 is 0 Å². The molecule has 0 fully saturated rings. The van der Waals surface area contributed by atoms with Crippen LogP contribution in [0.2, 0.25) is 5.02 Å². The summed E-state index contributed by atoms with van der Waals surface area (Å²) < 4.78 is 61.4.